The summed E-state index contributed by atoms with van der Waals surface area (Å²) in [5.41, 5.74) is 6.71. The summed E-state index contributed by atoms with van der Waals surface area (Å²) >= 11 is 0. The molecule has 0 bridgehead atoms. The molecule has 0 N–H and O–H groups in total. The van der Waals surface area contributed by atoms with E-state index in [0.29, 0.717) is 0 Å². The van der Waals surface area contributed by atoms with Crippen LogP contribution in [0.1, 0.15) is 74.7 Å². The monoisotopic (exact) mass is 288 g/mol. The highest BCUT2D eigenvalue weighted by atomic mass is 14.4. The van der Waals surface area contributed by atoms with Crippen LogP contribution in [0.15, 0.2) is 22.3 Å². The van der Waals surface area contributed by atoms with Gasteiger partial charge in [0.2, 0.25) is 0 Å². The Morgan fingerprint density at radius 2 is 1.10 bits per heavy atom. The number of hydrogen-bond acceptors (Lipinski definition) is 0. The van der Waals surface area contributed by atoms with Gasteiger partial charge < -0.3 is 0 Å². The third kappa shape index (κ3) is 2.88. The van der Waals surface area contributed by atoms with Crippen molar-refractivity contribution in [3.8, 4) is 0 Å². The van der Waals surface area contributed by atoms with Crippen LogP contribution in [0.2, 0.25) is 0 Å². The zero-order valence-corrected chi connectivity index (χ0v) is 15.6. The van der Waals surface area contributed by atoms with Crippen molar-refractivity contribution in [3.05, 3.63) is 22.3 Å². The van der Waals surface area contributed by atoms with E-state index in [4.69, 9.17) is 0 Å². The van der Waals surface area contributed by atoms with E-state index < -0.39 is 0 Å². The van der Waals surface area contributed by atoms with Gasteiger partial charge in [0.15, 0.2) is 0 Å². The minimum atomic E-state index is 0.797. The molecule has 0 aromatic carbocycles. The number of rotatable bonds is 4. The molecule has 0 saturated carbocycles. The first kappa shape index (κ1) is 16.8. The summed E-state index contributed by atoms with van der Waals surface area (Å²) in [4.78, 5) is 0. The van der Waals surface area contributed by atoms with Gasteiger partial charge in [-0.25, -0.2) is 0 Å². The van der Waals surface area contributed by atoms with E-state index in [1.165, 1.54) is 19.3 Å². The molecule has 3 unspecified atom stereocenters. The molecule has 120 valence electrons. The van der Waals surface area contributed by atoms with Crippen molar-refractivity contribution < 1.29 is 0 Å². The maximum absolute atomic E-state index is 2.46. The quantitative estimate of drug-likeness (QED) is 0.509. The Balaban J connectivity index is 1.89. The molecule has 0 nitrogen and oxygen atoms in total. The Labute approximate surface area is 133 Å². The summed E-state index contributed by atoms with van der Waals surface area (Å²) in [6.07, 6.45) is 4.23. The molecule has 0 heteroatoms. The van der Waals surface area contributed by atoms with Gasteiger partial charge in [0, 0.05) is 0 Å². The average Bonchev–Trinajstić information content (AvgIpc) is 2.76. The van der Waals surface area contributed by atoms with Crippen LogP contribution in [0.25, 0.3) is 0 Å². The molecule has 0 radical (unpaired) electrons. The largest absolute Gasteiger partial charge is 0.0710 e. The van der Waals surface area contributed by atoms with Crippen molar-refractivity contribution >= 4 is 0 Å². The van der Waals surface area contributed by atoms with E-state index in [0.717, 1.165) is 35.5 Å². The fourth-order valence-electron chi connectivity index (χ4n) is 5.14. The van der Waals surface area contributed by atoms with Crippen LogP contribution in [-0.2, 0) is 0 Å². The standard InChI is InChI=1S/C21H36/c1-12-13(2)17(6)20(16(12)5)10-9-11-21-18(7)14(3)15(4)19(21)8/h12,16,18-21H,9-11H2,1-8H3/t12-,16?,18+,19?,20-,21?/m0/s1. The van der Waals surface area contributed by atoms with Crippen LogP contribution in [0, 0.1) is 35.5 Å². The highest BCUT2D eigenvalue weighted by molar-refractivity contribution is 5.24. The summed E-state index contributed by atoms with van der Waals surface area (Å²) in [6, 6.07) is 0. The van der Waals surface area contributed by atoms with Gasteiger partial charge in [-0.2, -0.15) is 0 Å². The summed E-state index contributed by atoms with van der Waals surface area (Å²) in [5.74, 6) is 5.00. The summed E-state index contributed by atoms with van der Waals surface area (Å²) in [5, 5.41) is 0. The summed E-state index contributed by atoms with van der Waals surface area (Å²) in [6.45, 7) is 19.2. The Bertz CT molecular complexity index is 433. The van der Waals surface area contributed by atoms with Gasteiger partial charge in [0.25, 0.3) is 0 Å². The minimum Gasteiger partial charge on any atom is -0.0710 e. The molecule has 0 aromatic heterocycles. The maximum atomic E-state index is 2.46. The molecule has 0 aromatic rings. The van der Waals surface area contributed by atoms with Gasteiger partial charge in [-0.15, -0.1) is 0 Å². The van der Waals surface area contributed by atoms with Gasteiger partial charge in [0.05, 0.1) is 0 Å². The first-order chi connectivity index (χ1) is 9.77. The normalized spacial score (nSPS) is 40.6. The van der Waals surface area contributed by atoms with E-state index in [9.17, 15) is 0 Å². The highest BCUT2D eigenvalue weighted by Gasteiger charge is 2.35. The molecular formula is C21H36. The van der Waals surface area contributed by atoms with Crippen LogP contribution in [0.4, 0.5) is 0 Å². The molecule has 0 aliphatic heterocycles. The van der Waals surface area contributed by atoms with Crippen molar-refractivity contribution in [2.24, 2.45) is 35.5 Å². The van der Waals surface area contributed by atoms with Crippen molar-refractivity contribution in [2.45, 2.75) is 74.7 Å². The van der Waals surface area contributed by atoms with Crippen LogP contribution < -0.4 is 0 Å². The first-order valence-corrected chi connectivity index (χ1v) is 9.11. The summed E-state index contributed by atoms with van der Waals surface area (Å²) < 4.78 is 0. The molecule has 6 atom stereocenters. The lowest BCUT2D eigenvalue weighted by atomic mass is 9.80. The third-order valence-corrected chi connectivity index (χ3v) is 7.61. The molecule has 0 spiro atoms. The Morgan fingerprint density at radius 3 is 1.52 bits per heavy atom. The average molecular weight is 289 g/mol. The van der Waals surface area contributed by atoms with Crippen LogP contribution in [0.5, 0.6) is 0 Å². The van der Waals surface area contributed by atoms with Gasteiger partial charge in [-0.05, 0) is 76.0 Å². The van der Waals surface area contributed by atoms with Gasteiger partial charge in [0.1, 0.15) is 0 Å². The zero-order valence-electron chi connectivity index (χ0n) is 15.6. The second kappa shape index (κ2) is 6.31. The Hall–Kier alpha value is -0.520. The fraction of sp³-hybridized carbons (Fsp3) is 0.810. The Kier molecular flexibility index (Phi) is 5.06. The highest BCUT2D eigenvalue weighted by Crippen LogP contribution is 2.46. The van der Waals surface area contributed by atoms with E-state index >= 15 is 0 Å². The first-order valence-electron chi connectivity index (χ1n) is 9.11. The SMILES string of the molecule is CC1=C(C)[C@@H](C)C(CCC[C@@H]2C(C)=C(C)[C@H](C)C2C)C1C. The molecule has 0 heterocycles. The number of allylic oxidation sites excluding steroid dienone is 4. The van der Waals surface area contributed by atoms with E-state index in [2.05, 4.69) is 55.4 Å². The second-order valence-corrected chi connectivity index (χ2v) is 8.16. The lowest BCUT2D eigenvalue weighted by Gasteiger charge is -2.25. The third-order valence-electron chi connectivity index (χ3n) is 7.61. The van der Waals surface area contributed by atoms with Gasteiger partial charge in [-0.1, -0.05) is 56.4 Å². The van der Waals surface area contributed by atoms with E-state index in [-0.39, 0.29) is 0 Å². The van der Waals surface area contributed by atoms with Gasteiger partial charge in [-0.3, -0.25) is 0 Å². The van der Waals surface area contributed by atoms with E-state index in [1.807, 2.05) is 0 Å². The molecule has 2 rings (SSSR count). The van der Waals surface area contributed by atoms with Crippen LogP contribution in [-0.4, -0.2) is 0 Å². The smallest absolute Gasteiger partial charge is 0.0172 e. The molecule has 2 aliphatic rings. The molecule has 0 saturated heterocycles. The summed E-state index contributed by atoms with van der Waals surface area (Å²) in [7, 11) is 0. The van der Waals surface area contributed by atoms with Crippen LogP contribution >= 0.6 is 0 Å². The molecule has 2 aliphatic carbocycles. The predicted octanol–water partition coefficient (Wildman–Crippen LogP) is 6.63. The topological polar surface area (TPSA) is 0 Å². The van der Waals surface area contributed by atoms with Crippen molar-refractivity contribution in [1.29, 1.82) is 0 Å². The molecule has 21 heavy (non-hydrogen) atoms. The van der Waals surface area contributed by atoms with Crippen molar-refractivity contribution in [3.63, 3.8) is 0 Å². The molecular weight excluding hydrogens is 252 g/mol. The molecule has 0 amide bonds. The van der Waals surface area contributed by atoms with Crippen LogP contribution in [0.3, 0.4) is 0 Å². The minimum absolute atomic E-state index is 0.797. The van der Waals surface area contributed by atoms with Crippen molar-refractivity contribution in [2.75, 3.05) is 0 Å². The predicted molar refractivity (Wildman–Crippen MR) is 94.2 cm³/mol. The van der Waals surface area contributed by atoms with Gasteiger partial charge >= 0.3 is 0 Å². The maximum Gasteiger partial charge on any atom is -0.0172 e. The molecule has 0 fully saturated rings. The number of hydrogen-bond donors (Lipinski definition) is 0. The fourth-order valence-corrected chi connectivity index (χ4v) is 5.14. The van der Waals surface area contributed by atoms with E-state index in [1.54, 1.807) is 22.3 Å². The second-order valence-electron chi connectivity index (χ2n) is 8.16. The lowest BCUT2D eigenvalue weighted by molar-refractivity contribution is 0.291. The Morgan fingerprint density at radius 1 is 0.619 bits per heavy atom. The van der Waals surface area contributed by atoms with Crippen molar-refractivity contribution in [1.82, 2.24) is 0 Å². The lowest BCUT2D eigenvalue weighted by Crippen LogP contribution is -2.16. The zero-order chi connectivity index (χ0) is 15.9.